The minimum Gasteiger partial charge on any atom is -0.278 e. The molecule has 0 N–H and O–H groups in total. The number of para-hydroxylation sites is 2. The number of benzene rings is 7. The van der Waals surface area contributed by atoms with Crippen molar-refractivity contribution in [2.75, 3.05) is 0 Å². The Hall–Kier alpha value is -7.84. The number of fused-ring (bicyclic) bond motifs is 7. The highest BCUT2D eigenvalue weighted by molar-refractivity contribution is 6.10. The zero-order valence-electron chi connectivity index (χ0n) is 29.8. The number of hydrogen-bond donors (Lipinski definition) is 0. The molecule has 0 unspecified atom stereocenters. The van der Waals surface area contributed by atoms with Crippen molar-refractivity contribution in [3.63, 3.8) is 0 Å². The summed E-state index contributed by atoms with van der Waals surface area (Å²) in [6.07, 6.45) is 0. The van der Waals surface area contributed by atoms with E-state index in [0.29, 0.717) is 50.9 Å². The highest BCUT2D eigenvalue weighted by atomic mass is 16.1. The average molecular weight is 720 g/mol. The van der Waals surface area contributed by atoms with Crippen LogP contribution in [0.3, 0.4) is 0 Å². The van der Waals surface area contributed by atoms with Gasteiger partial charge in [0.05, 0.1) is 33.0 Å². The van der Waals surface area contributed by atoms with Gasteiger partial charge >= 0.3 is 0 Å². The van der Waals surface area contributed by atoms with Crippen molar-refractivity contribution in [1.82, 2.24) is 33.9 Å². The number of hydrogen-bond acceptors (Lipinski definition) is 6. The van der Waals surface area contributed by atoms with Crippen molar-refractivity contribution in [1.29, 1.82) is 0 Å². The molecule has 8 heteroatoms. The van der Waals surface area contributed by atoms with E-state index in [-0.39, 0.29) is 5.56 Å². The molecule has 0 spiro atoms. The third kappa shape index (κ3) is 5.08. The fraction of sp³-hybridized carbons (Fsp3) is 0. The minimum atomic E-state index is -0.132. The Balaban J connectivity index is 1.13. The summed E-state index contributed by atoms with van der Waals surface area (Å²) in [6, 6.07) is 58.3. The van der Waals surface area contributed by atoms with Crippen molar-refractivity contribution < 1.29 is 0 Å². The fourth-order valence-corrected chi connectivity index (χ4v) is 7.72. The van der Waals surface area contributed by atoms with Crippen molar-refractivity contribution in [3.05, 3.63) is 186 Å². The lowest BCUT2D eigenvalue weighted by Crippen LogP contribution is -2.17. The molecular weight excluding hydrogens is 691 g/mol. The lowest BCUT2D eigenvalue weighted by Gasteiger charge is -2.13. The number of rotatable bonds is 5. The Morgan fingerprint density at radius 2 is 0.946 bits per heavy atom. The first-order chi connectivity index (χ1) is 27.7. The van der Waals surface area contributed by atoms with E-state index in [9.17, 15) is 4.79 Å². The molecule has 11 rings (SSSR count). The molecule has 4 aromatic heterocycles. The molecule has 0 aliphatic rings. The summed E-state index contributed by atoms with van der Waals surface area (Å²) >= 11 is 0. The van der Waals surface area contributed by atoms with Gasteiger partial charge in [-0.2, -0.15) is 9.97 Å². The van der Waals surface area contributed by atoms with E-state index < -0.39 is 0 Å². The molecule has 56 heavy (non-hydrogen) atoms. The van der Waals surface area contributed by atoms with Gasteiger partial charge in [-0.3, -0.25) is 13.8 Å². The fourth-order valence-electron chi connectivity index (χ4n) is 7.72. The zero-order chi connectivity index (χ0) is 37.2. The molecule has 0 saturated carbocycles. The second-order valence-electron chi connectivity index (χ2n) is 13.7. The third-order valence-electron chi connectivity index (χ3n) is 10.4. The van der Waals surface area contributed by atoms with Crippen LogP contribution in [0.25, 0.3) is 100 Å². The Kier molecular flexibility index (Phi) is 7.15. The van der Waals surface area contributed by atoms with Gasteiger partial charge in [-0.1, -0.05) is 133 Å². The van der Waals surface area contributed by atoms with Crippen molar-refractivity contribution in [3.8, 4) is 51.1 Å². The molecule has 0 fully saturated rings. The normalized spacial score (nSPS) is 11.6. The number of nitrogens with zero attached hydrogens (tertiary/aromatic N) is 7. The SMILES string of the molecule is O=c1c2ccccc2nc2c(-c3ccccc3)nc3ccc(-c4ccc5c(c4)c4ccccc4n5-c4nc(-c5ccccc5)nc(-c5ccccc5)n4)cc3n12. The molecule has 0 aliphatic carbocycles. The van der Waals surface area contributed by atoms with Crippen LogP contribution in [0, 0.1) is 0 Å². The summed E-state index contributed by atoms with van der Waals surface area (Å²) in [5, 5.41) is 2.67. The van der Waals surface area contributed by atoms with Crippen molar-refractivity contribution in [2.24, 2.45) is 0 Å². The minimum absolute atomic E-state index is 0.132. The van der Waals surface area contributed by atoms with Gasteiger partial charge < -0.3 is 0 Å². The van der Waals surface area contributed by atoms with Crippen LogP contribution < -0.4 is 5.56 Å². The van der Waals surface area contributed by atoms with Gasteiger partial charge in [0.2, 0.25) is 5.95 Å². The first kappa shape index (κ1) is 31.7. The van der Waals surface area contributed by atoms with Gasteiger partial charge in [0.25, 0.3) is 5.56 Å². The predicted molar refractivity (Wildman–Crippen MR) is 224 cm³/mol. The molecule has 8 nitrogen and oxygen atoms in total. The Morgan fingerprint density at radius 1 is 0.375 bits per heavy atom. The standard InChI is InChI=1S/C48H29N7O/c56-47-36-21-10-12-22-38(36)50-46-43(30-14-4-1-5-15-30)49-39-26-24-34(29-42(39)55(46)47)33-25-27-41-37(28-33)35-20-11-13-23-40(35)54(41)48-52-44(31-16-6-2-7-17-31)51-45(53-48)32-18-8-3-9-19-32/h1-29H. The van der Waals surface area contributed by atoms with Crippen LogP contribution in [0.5, 0.6) is 0 Å². The van der Waals surface area contributed by atoms with Crippen LogP contribution in [-0.2, 0) is 0 Å². The van der Waals surface area contributed by atoms with Crippen LogP contribution >= 0.6 is 0 Å². The van der Waals surface area contributed by atoms with E-state index in [0.717, 1.165) is 49.6 Å². The molecular formula is C48H29N7O. The zero-order valence-corrected chi connectivity index (χ0v) is 29.8. The maximum absolute atomic E-state index is 14.3. The summed E-state index contributed by atoms with van der Waals surface area (Å²) in [4.78, 5) is 39.5. The maximum atomic E-state index is 14.3. The quantitative estimate of drug-likeness (QED) is 0.130. The van der Waals surface area contributed by atoms with Gasteiger partial charge in [0.1, 0.15) is 5.69 Å². The first-order valence-electron chi connectivity index (χ1n) is 18.4. The Morgan fingerprint density at radius 3 is 1.66 bits per heavy atom. The molecule has 262 valence electrons. The summed E-state index contributed by atoms with van der Waals surface area (Å²) in [5.74, 6) is 1.73. The number of aromatic nitrogens is 7. The predicted octanol–water partition coefficient (Wildman–Crippen LogP) is 10.3. The molecule has 0 atom stereocenters. The van der Waals surface area contributed by atoms with Crippen molar-refractivity contribution >= 4 is 49.4 Å². The largest absolute Gasteiger partial charge is 0.278 e. The van der Waals surface area contributed by atoms with Crippen molar-refractivity contribution in [2.45, 2.75) is 0 Å². The lowest BCUT2D eigenvalue weighted by atomic mass is 10.0. The highest BCUT2D eigenvalue weighted by Gasteiger charge is 2.20. The molecule has 0 saturated heterocycles. The van der Waals surface area contributed by atoms with Crippen LogP contribution in [0.15, 0.2) is 181 Å². The Bertz CT molecular complexity index is 3320. The molecule has 0 amide bonds. The molecule has 0 aliphatic heterocycles. The molecule has 11 aromatic rings. The van der Waals surface area contributed by atoms with Crippen LogP contribution in [0.2, 0.25) is 0 Å². The summed E-state index contributed by atoms with van der Waals surface area (Å²) < 4.78 is 3.84. The summed E-state index contributed by atoms with van der Waals surface area (Å²) in [5.41, 5.74) is 9.68. The third-order valence-corrected chi connectivity index (χ3v) is 10.4. The summed E-state index contributed by atoms with van der Waals surface area (Å²) in [7, 11) is 0. The van der Waals surface area contributed by atoms with Gasteiger partial charge in [0.15, 0.2) is 17.3 Å². The monoisotopic (exact) mass is 719 g/mol. The van der Waals surface area contributed by atoms with Gasteiger partial charge in [-0.15, -0.1) is 0 Å². The second kappa shape index (κ2) is 12.6. The smallest absolute Gasteiger partial charge is 0.266 e. The van der Waals surface area contributed by atoms with E-state index >= 15 is 0 Å². The highest BCUT2D eigenvalue weighted by Crippen LogP contribution is 2.36. The van der Waals surface area contributed by atoms with E-state index in [2.05, 4.69) is 47.0 Å². The van der Waals surface area contributed by atoms with Crippen LogP contribution in [0.1, 0.15) is 0 Å². The van der Waals surface area contributed by atoms with Crippen LogP contribution in [0.4, 0.5) is 0 Å². The maximum Gasteiger partial charge on any atom is 0.266 e. The van der Waals surface area contributed by atoms with Crippen LogP contribution in [-0.4, -0.2) is 33.9 Å². The molecule has 0 bridgehead atoms. The van der Waals surface area contributed by atoms with E-state index in [1.807, 2.05) is 133 Å². The van der Waals surface area contributed by atoms with Gasteiger partial charge in [0, 0.05) is 27.5 Å². The molecule has 0 radical (unpaired) electrons. The average Bonchev–Trinajstić information content (AvgIpc) is 3.60. The van der Waals surface area contributed by atoms with Gasteiger partial charge in [-0.05, 0) is 53.6 Å². The topological polar surface area (TPSA) is 90.9 Å². The van der Waals surface area contributed by atoms with Gasteiger partial charge in [-0.25, -0.2) is 15.0 Å². The lowest BCUT2D eigenvalue weighted by molar-refractivity contribution is 0.953. The summed E-state index contributed by atoms with van der Waals surface area (Å²) in [6.45, 7) is 0. The van der Waals surface area contributed by atoms with E-state index in [1.54, 1.807) is 4.40 Å². The van der Waals surface area contributed by atoms with E-state index in [4.69, 9.17) is 24.9 Å². The second-order valence-corrected chi connectivity index (χ2v) is 13.7. The van der Waals surface area contributed by atoms with E-state index in [1.165, 1.54) is 0 Å². The first-order valence-corrected chi connectivity index (χ1v) is 18.4. The molecule has 7 aromatic carbocycles. The Labute approximate surface area is 319 Å². The molecule has 4 heterocycles.